The van der Waals surface area contributed by atoms with Crippen LogP contribution < -0.4 is 9.47 Å². The highest BCUT2D eigenvalue weighted by atomic mass is 16.7. The van der Waals surface area contributed by atoms with Gasteiger partial charge >= 0.3 is 6.09 Å². The molecule has 190 valence electrons. The molecule has 0 saturated heterocycles. The zero-order chi connectivity index (χ0) is 25.8. The van der Waals surface area contributed by atoms with E-state index in [0.29, 0.717) is 11.5 Å². The highest BCUT2D eigenvalue weighted by Gasteiger charge is 2.24. The molecule has 4 aromatic rings. The lowest BCUT2D eigenvalue weighted by Crippen LogP contribution is -2.24. The molecule has 8 nitrogen and oxygen atoms in total. The molecule has 2 heterocycles. The van der Waals surface area contributed by atoms with Gasteiger partial charge in [-0.05, 0) is 49.0 Å². The third-order valence-electron chi connectivity index (χ3n) is 6.40. The standard InChI is InChI=1S/C29H30N4O4/c1-32(2)29(34)37-19-36-28-24(20-14-16-23(35-3)17-15-20)18-30-27-25(21-10-6-4-7-11-21)26(31-33(27)28)22-12-8-5-9-13-22/h5,8-10,12-18H,4,6-7,11,19H2,1-3H3. The maximum Gasteiger partial charge on any atom is 0.412 e. The Hall–Kier alpha value is -4.33. The summed E-state index contributed by atoms with van der Waals surface area (Å²) in [4.78, 5) is 18.3. The number of fused-ring (bicyclic) bond motifs is 1. The monoisotopic (exact) mass is 498 g/mol. The second-order valence-electron chi connectivity index (χ2n) is 9.07. The van der Waals surface area contributed by atoms with Crippen LogP contribution in [0.5, 0.6) is 11.6 Å². The average molecular weight is 499 g/mol. The van der Waals surface area contributed by atoms with Crippen molar-refractivity contribution in [1.29, 1.82) is 0 Å². The molecule has 5 rings (SSSR count). The number of rotatable bonds is 7. The van der Waals surface area contributed by atoms with Crippen LogP contribution in [0, 0.1) is 0 Å². The lowest BCUT2D eigenvalue weighted by atomic mass is 9.92. The minimum Gasteiger partial charge on any atom is -0.497 e. The van der Waals surface area contributed by atoms with Gasteiger partial charge in [-0.3, -0.25) is 0 Å². The molecular weight excluding hydrogens is 468 g/mol. The number of benzene rings is 2. The number of methoxy groups -OCH3 is 1. The van der Waals surface area contributed by atoms with Crippen LogP contribution in [-0.2, 0) is 4.74 Å². The lowest BCUT2D eigenvalue weighted by molar-refractivity contribution is 0.0400. The summed E-state index contributed by atoms with van der Waals surface area (Å²) >= 11 is 0. The molecule has 8 heteroatoms. The number of allylic oxidation sites excluding steroid dienone is 2. The summed E-state index contributed by atoms with van der Waals surface area (Å²) < 4.78 is 18.5. The van der Waals surface area contributed by atoms with Crippen molar-refractivity contribution in [3.63, 3.8) is 0 Å². The molecule has 0 unspecified atom stereocenters. The van der Waals surface area contributed by atoms with E-state index in [1.807, 2.05) is 42.5 Å². The van der Waals surface area contributed by atoms with E-state index in [1.54, 1.807) is 31.9 Å². The first-order valence-electron chi connectivity index (χ1n) is 12.3. The second-order valence-corrected chi connectivity index (χ2v) is 9.07. The summed E-state index contributed by atoms with van der Waals surface area (Å²) in [5.74, 6) is 1.19. The van der Waals surface area contributed by atoms with Crippen LogP contribution in [0.15, 0.2) is 66.9 Å². The summed E-state index contributed by atoms with van der Waals surface area (Å²) in [6.45, 7) is -0.266. The van der Waals surface area contributed by atoms with Crippen molar-refractivity contribution < 1.29 is 19.0 Å². The number of hydrogen-bond donors (Lipinski definition) is 0. The quantitative estimate of drug-likeness (QED) is 0.288. The number of aromatic nitrogens is 3. The van der Waals surface area contributed by atoms with E-state index in [1.165, 1.54) is 16.9 Å². The van der Waals surface area contributed by atoms with E-state index in [9.17, 15) is 4.79 Å². The largest absolute Gasteiger partial charge is 0.497 e. The molecule has 1 aliphatic carbocycles. The van der Waals surface area contributed by atoms with Crippen molar-refractivity contribution in [1.82, 2.24) is 19.5 Å². The molecule has 2 aromatic heterocycles. The van der Waals surface area contributed by atoms with Crippen molar-refractivity contribution in [2.45, 2.75) is 25.7 Å². The van der Waals surface area contributed by atoms with Gasteiger partial charge in [-0.25, -0.2) is 9.78 Å². The summed E-state index contributed by atoms with van der Waals surface area (Å²) in [6.07, 6.45) is 7.92. The fraction of sp³-hybridized carbons (Fsp3) is 0.276. The molecule has 37 heavy (non-hydrogen) atoms. The Morgan fingerprint density at radius 1 is 1.03 bits per heavy atom. The Morgan fingerprint density at radius 2 is 1.81 bits per heavy atom. The normalized spacial score (nSPS) is 13.2. The highest BCUT2D eigenvalue weighted by molar-refractivity contribution is 5.88. The van der Waals surface area contributed by atoms with Crippen LogP contribution in [0.2, 0.25) is 0 Å². The number of nitrogens with zero attached hydrogens (tertiary/aromatic N) is 4. The van der Waals surface area contributed by atoms with Crippen molar-refractivity contribution in [3.05, 3.63) is 72.4 Å². The van der Waals surface area contributed by atoms with E-state index < -0.39 is 6.09 Å². The Kier molecular flexibility index (Phi) is 7.07. The van der Waals surface area contributed by atoms with Crippen LogP contribution in [0.1, 0.15) is 31.2 Å². The summed E-state index contributed by atoms with van der Waals surface area (Å²) in [5, 5.41) is 5.02. The molecule has 0 bridgehead atoms. The molecule has 0 aliphatic heterocycles. The minimum atomic E-state index is -0.491. The van der Waals surface area contributed by atoms with Gasteiger partial charge in [0.2, 0.25) is 12.7 Å². The predicted molar refractivity (Wildman–Crippen MR) is 143 cm³/mol. The molecule has 0 spiro atoms. The molecule has 0 saturated carbocycles. The molecule has 0 atom stereocenters. The first-order valence-corrected chi connectivity index (χ1v) is 12.3. The van der Waals surface area contributed by atoms with Crippen molar-refractivity contribution in [2.24, 2.45) is 0 Å². The first-order chi connectivity index (χ1) is 18.1. The Bertz CT molecular complexity index is 1430. The van der Waals surface area contributed by atoms with E-state index in [0.717, 1.165) is 53.0 Å². The molecule has 0 radical (unpaired) electrons. The maximum absolute atomic E-state index is 12.0. The molecule has 0 fully saturated rings. The summed E-state index contributed by atoms with van der Waals surface area (Å²) in [5.41, 5.74) is 6.42. The first kappa shape index (κ1) is 24.4. The van der Waals surface area contributed by atoms with Gasteiger partial charge in [-0.1, -0.05) is 48.5 Å². The number of amides is 1. The number of ether oxygens (including phenoxy) is 3. The van der Waals surface area contributed by atoms with Gasteiger partial charge < -0.3 is 19.1 Å². The summed E-state index contributed by atoms with van der Waals surface area (Å²) in [6, 6.07) is 17.8. The van der Waals surface area contributed by atoms with Gasteiger partial charge in [0.25, 0.3) is 0 Å². The zero-order valence-electron chi connectivity index (χ0n) is 21.3. The van der Waals surface area contributed by atoms with E-state index in [-0.39, 0.29) is 6.79 Å². The zero-order valence-corrected chi connectivity index (χ0v) is 21.3. The smallest absolute Gasteiger partial charge is 0.412 e. The number of carbonyl (C=O) groups excluding carboxylic acids is 1. The average Bonchev–Trinajstić information content (AvgIpc) is 3.34. The van der Waals surface area contributed by atoms with Crippen molar-refractivity contribution in [2.75, 3.05) is 28.0 Å². The van der Waals surface area contributed by atoms with Crippen LogP contribution >= 0.6 is 0 Å². The van der Waals surface area contributed by atoms with E-state index in [4.69, 9.17) is 24.3 Å². The SMILES string of the molecule is COc1ccc(-c2cnc3c(C4=CCCCC4)c(-c4ccccc4)nn3c2OCOC(=O)N(C)C)cc1. The second kappa shape index (κ2) is 10.7. The van der Waals surface area contributed by atoms with E-state index in [2.05, 4.69) is 18.2 Å². The van der Waals surface area contributed by atoms with Gasteiger partial charge in [0.15, 0.2) is 5.65 Å². The fourth-order valence-electron chi connectivity index (χ4n) is 4.50. The Balaban J connectivity index is 1.69. The fourth-order valence-corrected chi connectivity index (χ4v) is 4.50. The predicted octanol–water partition coefficient (Wildman–Crippen LogP) is 6.06. The number of hydrogen-bond acceptors (Lipinski definition) is 6. The van der Waals surface area contributed by atoms with Gasteiger partial charge in [0, 0.05) is 25.9 Å². The molecule has 1 amide bonds. The van der Waals surface area contributed by atoms with Crippen molar-refractivity contribution in [3.8, 4) is 34.0 Å². The van der Waals surface area contributed by atoms with Gasteiger partial charge in [-0.2, -0.15) is 9.61 Å². The molecule has 0 N–H and O–H groups in total. The number of carbonyl (C=O) groups is 1. The van der Waals surface area contributed by atoms with Crippen LogP contribution in [0.25, 0.3) is 33.6 Å². The minimum absolute atomic E-state index is 0.266. The topological polar surface area (TPSA) is 78.2 Å². The van der Waals surface area contributed by atoms with Gasteiger partial charge in [0.05, 0.1) is 18.2 Å². The van der Waals surface area contributed by atoms with Gasteiger partial charge in [-0.15, -0.1) is 0 Å². The third kappa shape index (κ3) is 5.00. The Morgan fingerprint density at radius 3 is 2.49 bits per heavy atom. The van der Waals surface area contributed by atoms with Crippen molar-refractivity contribution >= 4 is 17.3 Å². The Labute approximate surface area is 216 Å². The van der Waals surface area contributed by atoms with Crippen LogP contribution in [0.3, 0.4) is 0 Å². The summed E-state index contributed by atoms with van der Waals surface area (Å²) in [7, 11) is 4.88. The molecule has 1 aliphatic rings. The molecule has 2 aromatic carbocycles. The highest BCUT2D eigenvalue weighted by Crippen LogP contribution is 2.39. The van der Waals surface area contributed by atoms with Crippen LogP contribution in [0.4, 0.5) is 4.79 Å². The van der Waals surface area contributed by atoms with Gasteiger partial charge in [0.1, 0.15) is 11.4 Å². The maximum atomic E-state index is 12.0. The van der Waals surface area contributed by atoms with E-state index >= 15 is 0 Å². The lowest BCUT2D eigenvalue weighted by Gasteiger charge is -2.16. The van der Waals surface area contributed by atoms with Crippen LogP contribution in [-0.4, -0.2) is 53.6 Å². The molecular formula is C29H30N4O4. The third-order valence-corrected chi connectivity index (χ3v) is 6.40.